The molecule has 0 saturated heterocycles. The predicted molar refractivity (Wildman–Crippen MR) is 225 cm³/mol. The van der Waals surface area contributed by atoms with Crippen LogP contribution < -0.4 is 0 Å². The Morgan fingerprint density at radius 3 is 1.35 bits per heavy atom. The van der Waals surface area contributed by atoms with E-state index in [1.807, 2.05) is 12.2 Å². The van der Waals surface area contributed by atoms with Crippen LogP contribution in [0.15, 0.2) is 109 Å². The summed E-state index contributed by atoms with van der Waals surface area (Å²) in [7, 11) is -4.78. The third-order valence-corrected chi connectivity index (χ3v) is 8.26. The Balaban J connectivity index is 4.14. The molecular formula is C45H71O8P. The Bertz CT molecular complexity index is 1230. The van der Waals surface area contributed by atoms with Gasteiger partial charge in [0.2, 0.25) is 0 Å². The lowest BCUT2D eigenvalue weighted by molar-refractivity contribution is -0.161. The smallest absolute Gasteiger partial charge is 0.462 e. The molecule has 0 amide bonds. The summed E-state index contributed by atoms with van der Waals surface area (Å²) in [5, 5.41) is 0. The van der Waals surface area contributed by atoms with Gasteiger partial charge in [0.15, 0.2) is 6.10 Å². The second-order valence-electron chi connectivity index (χ2n) is 12.9. The molecule has 0 aromatic carbocycles. The summed E-state index contributed by atoms with van der Waals surface area (Å²) >= 11 is 0. The van der Waals surface area contributed by atoms with Gasteiger partial charge in [-0.25, -0.2) is 4.57 Å². The van der Waals surface area contributed by atoms with Crippen LogP contribution in [0, 0.1) is 0 Å². The number of hydrogen-bond donors (Lipinski definition) is 2. The van der Waals surface area contributed by atoms with Crippen molar-refractivity contribution in [3.8, 4) is 0 Å². The van der Waals surface area contributed by atoms with Crippen LogP contribution in [-0.2, 0) is 28.2 Å². The number of phosphoric ester groups is 1. The molecule has 54 heavy (non-hydrogen) atoms. The van der Waals surface area contributed by atoms with Crippen LogP contribution in [0.25, 0.3) is 0 Å². The first-order valence-corrected chi connectivity index (χ1v) is 21.7. The van der Waals surface area contributed by atoms with Crippen LogP contribution in [0.5, 0.6) is 0 Å². The quantitative estimate of drug-likeness (QED) is 0.0283. The fourth-order valence-corrected chi connectivity index (χ4v) is 5.16. The third-order valence-electron chi connectivity index (χ3n) is 7.78. The Kier molecular flexibility index (Phi) is 37.0. The van der Waals surface area contributed by atoms with E-state index in [1.54, 1.807) is 0 Å². The van der Waals surface area contributed by atoms with Crippen LogP contribution in [0.4, 0.5) is 0 Å². The van der Waals surface area contributed by atoms with Crippen molar-refractivity contribution < 1.29 is 37.9 Å². The van der Waals surface area contributed by atoms with Crippen molar-refractivity contribution in [1.82, 2.24) is 0 Å². The molecule has 0 aliphatic heterocycles. The predicted octanol–water partition coefficient (Wildman–Crippen LogP) is 12.4. The van der Waals surface area contributed by atoms with Crippen molar-refractivity contribution in [3.63, 3.8) is 0 Å². The van der Waals surface area contributed by atoms with Gasteiger partial charge >= 0.3 is 19.8 Å². The second kappa shape index (κ2) is 39.4. The van der Waals surface area contributed by atoms with Crippen LogP contribution >= 0.6 is 7.82 Å². The van der Waals surface area contributed by atoms with Gasteiger partial charge in [0.05, 0.1) is 6.61 Å². The zero-order valence-electron chi connectivity index (χ0n) is 33.3. The molecule has 0 unspecified atom stereocenters. The van der Waals surface area contributed by atoms with Crippen molar-refractivity contribution >= 4 is 19.8 Å². The van der Waals surface area contributed by atoms with E-state index in [1.165, 1.54) is 25.7 Å². The summed E-state index contributed by atoms with van der Waals surface area (Å²) in [6.07, 6.45) is 55.3. The molecule has 0 rings (SSSR count). The normalized spacial score (nSPS) is 13.6. The summed E-state index contributed by atoms with van der Waals surface area (Å²) in [6.45, 7) is 3.45. The molecule has 0 saturated carbocycles. The number of esters is 2. The molecule has 0 aromatic rings. The Labute approximate surface area is 327 Å². The van der Waals surface area contributed by atoms with E-state index in [4.69, 9.17) is 19.3 Å². The molecule has 304 valence electrons. The first-order valence-electron chi connectivity index (χ1n) is 20.2. The minimum absolute atomic E-state index is 0.119. The molecule has 0 aromatic heterocycles. The zero-order chi connectivity index (χ0) is 39.6. The summed E-state index contributed by atoms with van der Waals surface area (Å²) in [5.41, 5.74) is 0. The van der Waals surface area contributed by atoms with Gasteiger partial charge in [-0.2, -0.15) is 0 Å². The van der Waals surface area contributed by atoms with E-state index in [0.717, 1.165) is 70.6 Å². The van der Waals surface area contributed by atoms with Gasteiger partial charge in [-0.05, 0) is 96.3 Å². The summed E-state index contributed by atoms with van der Waals surface area (Å²) in [6, 6.07) is 0. The average molecular weight is 771 g/mol. The van der Waals surface area contributed by atoms with Crippen molar-refractivity contribution in [3.05, 3.63) is 109 Å². The van der Waals surface area contributed by atoms with E-state index < -0.39 is 32.5 Å². The van der Waals surface area contributed by atoms with Crippen LogP contribution in [0.2, 0.25) is 0 Å². The summed E-state index contributed by atoms with van der Waals surface area (Å²) in [5.74, 6) is -1.00. The van der Waals surface area contributed by atoms with E-state index in [-0.39, 0.29) is 19.4 Å². The van der Waals surface area contributed by atoms with Gasteiger partial charge in [0, 0.05) is 12.8 Å². The number of phosphoric acid groups is 1. The zero-order valence-corrected chi connectivity index (χ0v) is 34.2. The topological polar surface area (TPSA) is 119 Å². The van der Waals surface area contributed by atoms with Crippen molar-refractivity contribution in [2.75, 3.05) is 13.2 Å². The molecule has 0 fully saturated rings. The molecule has 1 atom stereocenters. The summed E-state index contributed by atoms with van der Waals surface area (Å²) < 4.78 is 26.3. The first-order chi connectivity index (χ1) is 26.3. The SMILES string of the molecule is CC/C=C/C/C=C/C/C=C/C/C=C/C/C=C/CCCC(=O)O[C@H](COC(=O)CCCCC/C=C/C/C=C/C/C=C/C/C=C/CCCCC)COP(=O)(O)O. The van der Waals surface area contributed by atoms with Gasteiger partial charge in [0.25, 0.3) is 0 Å². The highest BCUT2D eigenvalue weighted by Crippen LogP contribution is 2.35. The lowest BCUT2D eigenvalue weighted by Gasteiger charge is -2.18. The fraction of sp³-hybridized carbons (Fsp3) is 0.556. The average Bonchev–Trinajstić information content (AvgIpc) is 3.14. The number of carbonyl (C=O) groups is 2. The molecule has 0 bridgehead atoms. The van der Waals surface area contributed by atoms with Crippen molar-refractivity contribution in [1.29, 1.82) is 0 Å². The minimum atomic E-state index is -4.78. The maximum Gasteiger partial charge on any atom is 0.469 e. The largest absolute Gasteiger partial charge is 0.469 e. The number of carbonyl (C=O) groups excluding carboxylic acids is 2. The Morgan fingerprint density at radius 1 is 0.500 bits per heavy atom. The maximum absolute atomic E-state index is 12.4. The molecule has 0 aliphatic carbocycles. The number of unbranched alkanes of at least 4 members (excludes halogenated alkanes) is 7. The van der Waals surface area contributed by atoms with E-state index in [2.05, 4.69) is 116 Å². The maximum atomic E-state index is 12.4. The number of rotatable bonds is 35. The second-order valence-corrected chi connectivity index (χ2v) is 14.1. The number of ether oxygens (including phenoxy) is 2. The molecule has 0 heterocycles. The van der Waals surface area contributed by atoms with Crippen LogP contribution in [0.1, 0.15) is 142 Å². The number of allylic oxidation sites excluding steroid dienone is 18. The number of hydrogen-bond acceptors (Lipinski definition) is 6. The standard InChI is InChI=1S/C45H71O8P/c1-3-5-7-9-11-13-15-17-19-21-22-24-25-27-29-31-33-35-37-39-44(46)51-41-43(42-52-54(48,49)50)53-45(47)40-38-36-34-32-30-28-26-23-20-18-16-14-12-10-8-6-4-2/h6,8,11-14,17-20,22,24,26-29,32,34,43H,3-5,7,9-10,15-16,21,23,25,30-31,33,35-42H2,1-2H3,(H2,48,49,50)/b8-6+,13-11+,14-12+,19-17+,20-18+,24-22+,28-26+,29-27+,34-32+/t43-/m1/s1. The van der Waals surface area contributed by atoms with E-state index in [0.29, 0.717) is 19.3 Å². The molecule has 2 N–H and O–H groups in total. The molecular weight excluding hydrogens is 699 g/mol. The highest BCUT2D eigenvalue weighted by atomic mass is 31.2. The van der Waals surface area contributed by atoms with Gasteiger partial charge < -0.3 is 19.3 Å². The Hall–Kier alpha value is -3.29. The van der Waals surface area contributed by atoms with Crippen LogP contribution in [-0.4, -0.2) is 41.0 Å². The Morgan fingerprint density at radius 2 is 0.907 bits per heavy atom. The molecule has 0 aliphatic rings. The van der Waals surface area contributed by atoms with Gasteiger partial charge in [-0.3, -0.25) is 14.1 Å². The summed E-state index contributed by atoms with van der Waals surface area (Å²) in [4.78, 5) is 42.8. The van der Waals surface area contributed by atoms with Gasteiger partial charge in [0.1, 0.15) is 6.61 Å². The van der Waals surface area contributed by atoms with Crippen LogP contribution in [0.3, 0.4) is 0 Å². The molecule has 8 nitrogen and oxygen atoms in total. The highest BCUT2D eigenvalue weighted by Gasteiger charge is 2.22. The molecule has 0 radical (unpaired) electrons. The first kappa shape index (κ1) is 50.7. The van der Waals surface area contributed by atoms with Crippen molar-refractivity contribution in [2.45, 2.75) is 148 Å². The van der Waals surface area contributed by atoms with E-state index >= 15 is 0 Å². The van der Waals surface area contributed by atoms with Gasteiger partial charge in [-0.15, -0.1) is 0 Å². The fourth-order valence-electron chi connectivity index (χ4n) is 4.80. The highest BCUT2D eigenvalue weighted by molar-refractivity contribution is 7.46. The monoisotopic (exact) mass is 770 g/mol. The minimum Gasteiger partial charge on any atom is -0.462 e. The lowest BCUT2D eigenvalue weighted by Crippen LogP contribution is -2.29. The molecule has 9 heteroatoms. The van der Waals surface area contributed by atoms with Gasteiger partial charge in [-0.1, -0.05) is 142 Å². The molecule has 0 spiro atoms. The van der Waals surface area contributed by atoms with E-state index in [9.17, 15) is 14.2 Å². The van der Waals surface area contributed by atoms with Crippen molar-refractivity contribution in [2.24, 2.45) is 0 Å². The lowest BCUT2D eigenvalue weighted by atomic mass is 10.1. The third kappa shape index (κ3) is 41.5.